The molecular weight excluding hydrogens is 427 g/mol. The Morgan fingerprint density at radius 3 is 2.56 bits per heavy atom. The fraction of sp³-hybridized carbons (Fsp3) is 0.292. The molecule has 0 fully saturated rings. The summed E-state index contributed by atoms with van der Waals surface area (Å²) in [5, 5.41) is 7.13. The van der Waals surface area contributed by atoms with Crippen LogP contribution in [-0.2, 0) is 0 Å². The van der Waals surface area contributed by atoms with Crippen LogP contribution < -0.4 is 9.64 Å². The SMILES string of the molecule is COc1ccc(N(C(=O)c2cc(-c3cccs3)nc3c2cnn3C(C)C)C(C)C)cc1F. The highest BCUT2D eigenvalue weighted by molar-refractivity contribution is 7.13. The maximum absolute atomic E-state index is 14.5. The highest BCUT2D eigenvalue weighted by atomic mass is 32.1. The van der Waals surface area contributed by atoms with E-state index in [1.807, 2.05) is 49.9 Å². The van der Waals surface area contributed by atoms with Gasteiger partial charge in [0.1, 0.15) is 0 Å². The molecule has 0 bridgehead atoms. The standard InChI is InChI=1S/C24H25FN4O2S/c1-14(2)28(16-8-9-21(31-5)19(25)11-16)24(30)17-12-20(22-7-6-10-32-22)27-23-18(17)13-26-29(23)15(3)4/h6-15H,1-5H3. The zero-order valence-electron chi connectivity index (χ0n) is 18.7. The van der Waals surface area contributed by atoms with E-state index in [4.69, 9.17) is 9.72 Å². The lowest BCUT2D eigenvalue weighted by atomic mass is 10.1. The van der Waals surface area contributed by atoms with Crippen molar-refractivity contribution in [2.24, 2.45) is 0 Å². The number of fused-ring (bicyclic) bond motifs is 1. The van der Waals surface area contributed by atoms with E-state index >= 15 is 0 Å². The van der Waals surface area contributed by atoms with Gasteiger partial charge in [0.2, 0.25) is 0 Å². The van der Waals surface area contributed by atoms with Crippen molar-refractivity contribution in [3.05, 3.63) is 59.4 Å². The van der Waals surface area contributed by atoms with E-state index in [1.165, 1.54) is 19.2 Å². The second kappa shape index (κ2) is 8.70. The third kappa shape index (κ3) is 3.86. The van der Waals surface area contributed by atoms with Gasteiger partial charge in [-0.1, -0.05) is 6.07 Å². The molecule has 0 radical (unpaired) electrons. The average Bonchev–Trinajstić information content (AvgIpc) is 3.43. The van der Waals surface area contributed by atoms with Crippen molar-refractivity contribution in [2.45, 2.75) is 39.8 Å². The molecule has 0 aliphatic carbocycles. The van der Waals surface area contributed by atoms with Crippen LogP contribution in [0.1, 0.15) is 44.1 Å². The highest BCUT2D eigenvalue weighted by Crippen LogP contribution is 2.32. The molecule has 1 aromatic carbocycles. The van der Waals surface area contributed by atoms with Crippen molar-refractivity contribution in [2.75, 3.05) is 12.0 Å². The van der Waals surface area contributed by atoms with Gasteiger partial charge >= 0.3 is 0 Å². The number of nitrogens with zero attached hydrogens (tertiary/aromatic N) is 4. The minimum Gasteiger partial charge on any atom is -0.494 e. The zero-order valence-corrected chi connectivity index (χ0v) is 19.5. The molecule has 166 valence electrons. The summed E-state index contributed by atoms with van der Waals surface area (Å²) in [6, 6.07) is 10.2. The summed E-state index contributed by atoms with van der Waals surface area (Å²) in [4.78, 5) is 21.2. The Labute approximate surface area is 190 Å². The molecule has 6 nitrogen and oxygen atoms in total. The topological polar surface area (TPSA) is 60.2 Å². The van der Waals surface area contributed by atoms with E-state index in [2.05, 4.69) is 5.10 Å². The summed E-state index contributed by atoms with van der Waals surface area (Å²) in [6.45, 7) is 7.84. The number of thiophene rings is 1. The number of pyridine rings is 1. The lowest BCUT2D eigenvalue weighted by Gasteiger charge is -2.27. The molecule has 0 atom stereocenters. The van der Waals surface area contributed by atoms with Crippen molar-refractivity contribution >= 4 is 34.0 Å². The molecule has 0 saturated heterocycles. The number of halogens is 1. The van der Waals surface area contributed by atoms with Gasteiger partial charge in [-0.2, -0.15) is 5.10 Å². The molecule has 0 spiro atoms. The molecule has 0 N–H and O–H groups in total. The van der Waals surface area contributed by atoms with Crippen LogP contribution in [0.4, 0.5) is 10.1 Å². The molecule has 8 heteroatoms. The Morgan fingerprint density at radius 2 is 1.97 bits per heavy atom. The molecule has 32 heavy (non-hydrogen) atoms. The van der Waals surface area contributed by atoms with Crippen molar-refractivity contribution in [1.82, 2.24) is 14.8 Å². The average molecular weight is 453 g/mol. The number of ether oxygens (including phenoxy) is 1. The quantitative estimate of drug-likeness (QED) is 0.363. The van der Waals surface area contributed by atoms with Crippen LogP contribution in [0, 0.1) is 5.82 Å². The zero-order chi connectivity index (χ0) is 23.0. The number of carbonyl (C=O) groups is 1. The molecular formula is C24H25FN4O2S. The first-order valence-corrected chi connectivity index (χ1v) is 11.3. The van der Waals surface area contributed by atoms with Crippen molar-refractivity contribution in [3.63, 3.8) is 0 Å². The molecule has 0 aliphatic rings. The molecule has 0 saturated carbocycles. The van der Waals surface area contributed by atoms with Gasteiger partial charge in [-0.05, 0) is 57.3 Å². The van der Waals surface area contributed by atoms with Gasteiger partial charge in [0.25, 0.3) is 5.91 Å². The maximum Gasteiger partial charge on any atom is 0.259 e. The molecule has 3 heterocycles. The van der Waals surface area contributed by atoms with Crippen molar-refractivity contribution in [1.29, 1.82) is 0 Å². The summed E-state index contributed by atoms with van der Waals surface area (Å²) in [7, 11) is 1.41. The van der Waals surface area contributed by atoms with E-state index in [0.29, 0.717) is 28.0 Å². The number of hydrogen-bond donors (Lipinski definition) is 0. The number of rotatable bonds is 6. The Balaban J connectivity index is 1.90. The summed E-state index contributed by atoms with van der Waals surface area (Å²) in [5.74, 6) is -0.622. The van der Waals surface area contributed by atoms with Crippen molar-refractivity contribution in [3.8, 4) is 16.3 Å². The van der Waals surface area contributed by atoms with Crippen LogP contribution in [0.15, 0.2) is 48.0 Å². The van der Waals surface area contributed by atoms with Crippen LogP contribution in [-0.4, -0.2) is 33.8 Å². The van der Waals surface area contributed by atoms with Crippen molar-refractivity contribution < 1.29 is 13.9 Å². The van der Waals surface area contributed by atoms with Crippen LogP contribution >= 0.6 is 11.3 Å². The predicted octanol–water partition coefficient (Wildman–Crippen LogP) is 5.94. The first kappa shape index (κ1) is 22.0. The maximum atomic E-state index is 14.5. The van der Waals surface area contributed by atoms with Gasteiger partial charge in [-0.15, -0.1) is 11.3 Å². The van der Waals surface area contributed by atoms with E-state index in [0.717, 1.165) is 4.88 Å². The molecule has 4 aromatic rings. The first-order valence-electron chi connectivity index (χ1n) is 10.4. The van der Waals surface area contributed by atoms with Gasteiger partial charge in [0.15, 0.2) is 17.2 Å². The number of hydrogen-bond acceptors (Lipinski definition) is 5. The Morgan fingerprint density at radius 1 is 1.19 bits per heavy atom. The summed E-state index contributed by atoms with van der Waals surface area (Å²) >= 11 is 1.56. The molecule has 0 unspecified atom stereocenters. The van der Waals surface area contributed by atoms with Gasteiger partial charge in [0.05, 0.1) is 34.8 Å². The first-order chi connectivity index (χ1) is 15.3. The number of benzene rings is 1. The summed E-state index contributed by atoms with van der Waals surface area (Å²) in [6.07, 6.45) is 1.68. The Bertz CT molecular complexity index is 1260. The van der Waals surface area contributed by atoms with E-state index in [9.17, 15) is 9.18 Å². The second-order valence-electron chi connectivity index (χ2n) is 8.04. The third-order valence-electron chi connectivity index (χ3n) is 5.21. The number of anilines is 1. The van der Waals surface area contributed by atoms with Crippen LogP contribution in [0.3, 0.4) is 0 Å². The fourth-order valence-electron chi connectivity index (χ4n) is 3.71. The van der Waals surface area contributed by atoms with E-state index < -0.39 is 5.82 Å². The second-order valence-corrected chi connectivity index (χ2v) is 8.99. The number of aromatic nitrogens is 3. The molecule has 0 aliphatic heterocycles. The number of amides is 1. The summed E-state index contributed by atoms with van der Waals surface area (Å²) < 4.78 is 21.3. The molecule has 3 aromatic heterocycles. The van der Waals surface area contributed by atoms with Gasteiger partial charge in [-0.25, -0.2) is 14.1 Å². The third-order valence-corrected chi connectivity index (χ3v) is 6.10. The van der Waals surface area contributed by atoms with E-state index in [1.54, 1.807) is 34.6 Å². The Hall–Kier alpha value is -3.26. The van der Waals surface area contributed by atoms with Crippen LogP contribution in [0.25, 0.3) is 21.6 Å². The van der Waals surface area contributed by atoms with E-state index in [-0.39, 0.29) is 23.7 Å². The van der Waals surface area contributed by atoms with Crippen LogP contribution in [0.5, 0.6) is 5.75 Å². The summed E-state index contributed by atoms with van der Waals surface area (Å²) in [5.41, 5.74) is 2.30. The van der Waals surface area contributed by atoms with Gasteiger partial charge in [0, 0.05) is 23.8 Å². The number of methoxy groups -OCH3 is 1. The van der Waals surface area contributed by atoms with Gasteiger partial charge in [-0.3, -0.25) is 4.79 Å². The fourth-order valence-corrected chi connectivity index (χ4v) is 4.39. The monoisotopic (exact) mass is 452 g/mol. The minimum atomic E-state index is -0.518. The normalized spacial score (nSPS) is 11.5. The Kier molecular flexibility index (Phi) is 5.97. The largest absolute Gasteiger partial charge is 0.494 e. The molecule has 4 rings (SSSR count). The lowest BCUT2D eigenvalue weighted by molar-refractivity contribution is 0.0981. The number of carbonyl (C=O) groups excluding carboxylic acids is 1. The lowest BCUT2D eigenvalue weighted by Crippen LogP contribution is -2.37. The highest BCUT2D eigenvalue weighted by Gasteiger charge is 2.26. The smallest absolute Gasteiger partial charge is 0.259 e. The predicted molar refractivity (Wildman–Crippen MR) is 126 cm³/mol. The van der Waals surface area contributed by atoms with Crippen LogP contribution in [0.2, 0.25) is 0 Å². The minimum absolute atomic E-state index is 0.0819. The van der Waals surface area contributed by atoms with Gasteiger partial charge < -0.3 is 9.64 Å². The molecule has 1 amide bonds.